The Morgan fingerprint density at radius 2 is 1.88 bits per heavy atom. The molecule has 0 radical (unpaired) electrons. The molecule has 0 aliphatic carbocycles. The maximum absolute atomic E-state index is 13.3. The number of thioether (sulfide) groups is 1. The van der Waals surface area contributed by atoms with Crippen LogP contribution in [-0.4, -0.2) is 56.1 Å². The van der Waals surface area contributed by atoms with Crippen molar-refractivity contribution in [3.05, 3.63) is 59.0 Å². The number of nitrogens with one attached hydrogen (secondary N) is 1. The molecule has 3 rings (SSSR count). The molecule has 1 amide bonds. The Labute approximate surface area is 205 Å². The molecular formula is C26H33N3O4S. The standard InChI is InChI=1S/C26H33N3O4S/c1-6-29(7-2)21(14-15-34-5)26(31)27-20-16-18(12-13-24(20)32-4)28(3)22-17-25(30)33-23-11-9-8-10-19(22)23/h8-13,16-17,21H,6-7,14-15H2,1-5H3,(H,27,31)/t21-/m0/s1. The van der Waals surface area contributed by atoms with Crippen LogP contribution < -0.4 is 20.6 Å². The highest BCUT2D eigenvalue weighted by atomic mass is 32.2. The van der Waals surface area contributed by atoms with Crippen molar-refractivity contribution in [2.24, 2.45) is 0 Å². The minimum absolute atomic E-state index is 0.0540. The normalized spacial score (nSPS) is 12.1. The van der Waals surface area contributed by atoms with Crippen LogP contribution >= 0.6 is 11.8 Å². The number of methoxy groups -OCH3 is 1. The van der Waals surface area contributed by atoms with Crippen LogP contribution in [0, 0.1) is 0 Å². The number of hydrogen-bond donors (Lipinski definition) is 1. The first-order valence-electron chi connectivity index (χ1n) is 11.4. The molecule has 0 saturated heterocycles. The maximum Gasteiger partial charge on any atom is 0.338 e. The molecule has 0 fully saturated rings. The van der Waals surface area contributed by atoms with Gasteiger partial charge in [-0.25, -0.2) is 4.79 Å². The highest BCUT2D eigenvalue weighted by molar-refractivity contribution is 7.98. The van der Waals surface area contributed by atoms with E-state index in [0.717, 1.165) is 42.0 Å². The second-order valence-electron chi connectivity index (χ2n) is 7.90. The monoisotopic (exact) mass is 483 g/mol. The van der Waals surface area contributed by atoms with E-state index in [9.17, 15) is 9.59 Å². The van der Waals surface area contributed by atoms with Crippen LogP contribution in [0.5, 0.6) is 5.75 Å². The first-order chi connectivity index (χ1) is 16.4. The number of rotatable bonds is 11. The molecule has 3 aromatic rings. The molecule has 0 bridgehead atoms. The smallest absolute Gasteiger partial charge is 0.338 e. The van der Waals surface area contributed by atoms with Gasteiger partial charge in [-0.05, 0) is 61.9 Å². The van der Waals surface area contributed by atoms with Gasteiger partial charge in [0.25, 0.3) is 0 Å². The van der Waals surface area contributed by atoms with Crippen LogP contribution in [0.15, 0.2) is 57.7 Å². The van der Waals surface area contributed by atoms with Crippen molar-refractivity contribution in [1.29, 1.82) is 0 Å². The number of carbonyl (C=O) groups excluding carboxylic acids is 1. The molecule has 1 atom stereocenters. The summed E-state index contributed by atoms with van der Waals surface area (Å²) in [6.45, 7) is 5.73. The van der Waals surface area contributed by atoms with E-state index in [4.69, 9.17) is 9.15 Å². The minimum atomic E-state index is -0.418. The summed E-state index contributed by atoms with van der Waals surface area (Å²) < 4.78 is 10.9. The van der Waals surface area contributed by atoms with Crippen molar-refractivity contribution in [2.75, 3.05) is 49.5 Å². The summed E-state index contributed by atoms with van der Waals surface area (Å²) in [6, 6.07) is 14.3. The van der Waals surface area contributed by atoms with Crippen LogP contribution in [0.25, 0.3) is 11.0 Å². The summed E-state index contributed by atoms with van der Waals surface area (Å²) in [5.74, 6) is 1.42. The molecule has 0 aliphatic rings. The van der Waals surface area contributed by atoms with Gasteiger partial charge in [0.2, 0.25) is 5.91 Å². The molecule has 0 unspecified atom stereocenters. The molecule has 2 aromatic carbocycles. The zero-order chi connectivity index (χ0) is 24.7. The first-order valence-corrected chi connectivity index (χ1v) is 12.8. The van der Waals surface area contributed by atoms with E-state index in [2.05, 4.69) is 24.1 Å². The van der Waals surface area contributed by atoms with Gasteiger partial charge in [0.05, 0.1) is 24.5 Å². The molecule has 8 heteroatoms. The third-order valence-electron chi connectivity index (χ3n) is 5.97. The van der Waals surface area contributed by atoms with Gasteiger partial charge in [-0.3, -0.25) is 9.69 Å². The summed E-state index contributed by atoms with van der Waals surface area (Å²) in [4.78, 5) is 29.6. The number of likely N-dealkylation sites (N-methyl/N-ethyl adjacent to an activating group) is 1. The van der Waals surface area contributed by atoms with Gasteiger partial charge in [0.1, 0.15) is 11.3 Å². The van der Waals surface area contributed by atoms with Crippen molar-refractivity contribution < 1.29 is 13.9 Å². The Bertz CT molecular complexity index is 1180. The number of para-hydroxylation sites is 1. The predicted molar refractivity (Wildman–Crippen MR) is 142 cm³/mol. The Morgan fingerprint density at radius 3 is 2.56 bits per heavy atom. The lowest BCUT2D eigenvalue weighted by molar-refractivity contribution is -0.121. The number of anilines is 3. The molecule has 0 saturated carbocycles. The zero-order valence-corrected chi connectivity index (χ0v) is 21.3. The van der Waals surface area contributed by atoms with Gasteiger partial charge < -0.3 is 19.4 Å². The van der Waals surface area contributed by atoms with Crippen molar-refractivity contribution in [2.45, 2.75) is 26.3 Å². The van der Waals surface area contributed by atoms with Gasteiger partial charge in [-0.15, -0.1) is 0 Å². The Balaban J connectivity index is 1.96. The number of carbonyl (C=O) groups is 1. The predicted octanol–water partition coefficient (Wildman–Crippen LogP) is 4.97. The van der Waals surface area contributed by atoms with E-state index in [0.29, 0.717) is 17.0 Å². The lowest BCUT2D eigenvalue weighted by Crippen LogP contribution is -2.44. The van der Waals surface area contributed by atoms with Gasteiger partial charge >= 0.3 is 5.63 Å². The Kier molecular flexibility index (Phi) is 9.01. The Hall–Kier alpha value is -2.97. The van der Waals surface area contributed by atoms with E-state index in [1.54, 1.807) is 24.9 Å². The molecule has 1 N–H and O–H groups in total. The fraction of sp³-hybridized carbons (Fsp3) is 0.385. The molecule has 182 valence electrons. The van der Waals surface area contributed by atoms with E-state index >= 15 is 0 Å². The number of ether oxygens (including phenoxy) is 1. The van der Waals surface area contributed by atoms with Crippen molar-refractivity contribution in [3.63, 3.8) is 0 Å². The highest BCUT2D eigenvalue weighted by Gasteiger charge is 2.25. The third-order valence-corrected chi connectivity index (χ3v) is 6.61. The number of benzene rings is 2. The first kappa shape index (κ1) is 25.6. The molecule has 34 heavy (non-hydrogen) atoms. The fourth-order valence-corrected chi connectivity index (χ4v) is 4.56. The molecule has 7 nitrogen and oxygen atoms in total. The summed E-state index contributed by atoms with van der Waals surface area (Å²) in [5.41, 5.74) is 2.21. The molecular weight excluding hydrogens is 450 g/mol. The van der Waals surface area contributed by atoms with Crippen LogP contribution in [0.4, 0.5) is 17.1 Å². The minimum Gasteiger partial charge on any atom is -0.495 e. The summed E-state index contributed by atoms with van der Waals surface area (Å²) in [6.07, 6.45) is 2.82. The van der Waals surface area contributed by atoms with Crippen LogP contribution in [0.1, 0.15) is 20.3 Å². The van der Waals surface area contributed by atoms with Gasteiger partial charge in [-0.2, -0.15) is 11.8 Å². The number of amides is 1. The maximum atomic E-state index is 13.3. The quantitative estimate of drug-likeness (QED) is 0.386. The van der Waals surface area contributed by atoms with Crippen molar-refractivity contribution in [3.8, 4) is 5.75 Å². The van der Waals surface area contributed by atoms with Crippen molar-refractivity contribution >= 4 is 45.7 Å². The molecule has 0 aliphatic heterocycles. The average molecular weight is 484 g/mol. The highest BCUT2D eigenvalue weighted by Crippen LogP contribution is 2.35. The van der Waals surface area contributed by atoms with Crippen LogP contribution in [0.2, 0.25) is 0 Å². The van der Waals surface area contributed by atoms with E-state index < -0.39 is 5.63 Å². The summed E-state index contributed by atoms with van der Waals surface area (Å²) in [5, 5.41) is 3.92. The van der Waals surface area contributed by atoms with Gasteiger partial charge in [0, 0.05) is 24.2 Å². The van der Waals surface area contributed by atoms with Crippen LogP contribution in [-0.2, 0) is 4.79 Å². The molecule has 1 heterocycles. The lowest BCUT2D eigenvalue weighted by Gasteiger charge is -2.29. The van der Waals surface area contributed by atoms with Crippen LogP contribution in [0.3, 0.4) is 0 Å². The average Bonchev–Trinajstić information content (AvgIpc) is 2.85. The second kappa shape index (κ2) is 11.9. The molecule has 0 spiro atoms. The van der Waals surface area contributed by atoms with E-state index in [1.165, 1.54) is 6.07 Å². The lowest BCUT2D eigenvalue weighted by atomic mass is 10.1. The van der Waals surface area contributed by atoms with Gasteiger partial charge in [0.15, 0.2) is 0 Å². The topological polar surface area (TPSA) is 75.0 Å². The number of fused-ring (bicyclic) bond motifs is 1. The van der Waals surface area contributed by atoms with Gasteiger partial charge in [-0.1, -0.05) is 26.0 Å². The third kappa shape index (κ3) is 5.74. The SMILES string of the molecule is CCN(CC)[C@@H](CCSC)C(=O)Nc1cc(N(C)c2cc(=O)oc3ccccc23)ccc1OC. The molecule has 1 aromatic heterocycles. The second-order valence-corrected chi connectivity index (χ2v) is 8.88. The number of nitrogens with zero attached hydrogens (tertiary/aromatic N) is 2. The van der Waals surface area contributed by atoms with Crippen molar-refractivity contribution in [1.82, 2.24) is 4.90 Å². The zero-order valence-electron chi connectivity index (χ0n) is 20.5. The number of hydrogen-bond acceptors (Lipinski definition) is 7. The fourth-order valence-electron chi connectivity index (χ4n) is 4.10. The van der Waals surface area contributed by atoms with E-state index in [1.807, 2.05) is 54.6 Å². The Morgan fingerprint density at radius 1 is 1.15 bits per heavy atom. The summed E-state index contributed by atoms with van der Waals surface area (Å²) >= 11 is 1.73. The van der Waals surface area contributed by atoms with E-state index in [-0.39, 0.29) is 11.9 Å². The largest absolute Gasteiger partial charge is 0.495 e. The summed E-state index contributed by atoms with van der Waals surface area (Å²) in [7, 11) is 3.46.